The number of pyridine rings is 1. The van der Waals surface area contributed by atoms with Gasteiger partial charge < -0.3 is 15.1 Å². The summed E-state index contributed by atoms with van der Waals surface area (Å²) in [6.45, 7) is 5.81. The number of halogens is 2. The molecule has 7 heteroatoms. The highest BCUT2D eigenvalue weighted by Crippen LogP contribution is 2.34. The molecule has 1 amide bonds. The van der Waals surface area contributed by atoms with E-state index in [4.69, 9.17) is 0 Å². The number of nitrogens with one attached hydrogen (secondary N) is 1. The van der Waals surface area contributed by atoms with Gasteiger partial charge in [0.2, 0.25) is 5.91 Å². The van der Waals surface area contributed by atoms with Gasteiger partial charge in [-0.15, -0.1) is 0 Å². The van der Waals surface area contributed by atoms with Gasteiger partial charge in [-0.1, -0.05) is 6.92 Å². The maximum Gasteiger partial charge on any atom is 0.265 e. The van der Waals surface area contributed by atoms with Gasteiger partial charge in [0.05, 0.1) is 5.52 Å². The molecule has 2 fully saturated rings. The van der Waals surface area contributed by atoms with Crippen LogP contribution in [0.3, 0.4) is 0 Å². The van der Waals surface area contributed by atoms with Crippen molar-refractivity contribution in [3.8, 4) is 0 Å². The highest BCUT2D eigenvalue weighted by Gasteiger charge is 2.29. The second-order valence-electron chi connectivity index (χ2n) is 9.34. The second-order valence-corrected chi connectivity index (χ2v) is 9.34. The number of nitrogens with zero attached hydrogens (tertiary/aromatic N) is 3. The number of hydrogen-bond donors (Lipinski definition) is 1. The molecule has 0 bridgehead atoms. The third-order valence-corrected chi connectivity index (χ3v) is 6.69. The smallest absolute Gasteiger partial charge is 0.265 e. The van der Waals surface area contributed by atoms with E-state index in [9.17, 15) is 13.6 Å². The molecule has 2 aromatic rings. The molecule has 0 saturated carbocycles. The Morgan fingerprint density at radius 3 is 2.74 bits per heavy atom. The van der Waals surface area contributed by atoms with Gasteiger partial charge in [-0.3, -0.25) is 9.78 Å². The van der Waals surface area contributed by atoms with Crippen LogP contribution < -0.4 is 10.2 Å². The van der Waals surface area contributed by atoms with Crippen molar-refractivity contribution in [1.29, 1.82) is 0 Å². The van der Waals surface area contributed by atoms with Crippen molar-refractivity contribution in [3.05, 3.63) is 36.0 Å². The van der Waals surface area contributed by atoms with Crippen LogP contribution in [-0.4, -0.2) is 55.1 Å². The molecule has 1 aromatic carbocycles. The van der Waals surface area contributed by atoms with E-state index < -0.39 is 6.43 Å². The third-order valence-electron chi connectivity index (χ3n) is 6.69. The van der Waals surface area contributed by atoms with Gasteiger partial charge >= 0.3 is 0 Å². The number of hydrogen-bond acceptors (Lipinski definition) is 4. The first kappa shape index (κ1) is 21.9. The normalized spacial score (nSPS) is 23.5. The van der Waals surface area contributed by atoms with Crippen LogP contribution in [0.2, 0.25) is 0 Å². The average Bonchev–Trinajstić information content (AvgIpc) is 2.74. The lowest BCUT2D eigenvalue weighted by atomic mass is 9.92. The molecule has 168 valence electrons. The molecule has 2 aliphatic rings. The number of carbonyl (C=O) groups is 1. The van der Waals surface area contributed by atoms with Crippen molar-refractivity contribution in [2.75, 3.05) is 38.1 Å². The van der Waals surface area contributed by atoms with E-state index in [1.807, 2.05) is 6.07 Å². The number of likely N-dealkylation sites (tertiary alicyclic amines) is 1. The number of carbonyl (C=O) groups excluding carboxylic acids is 1. The van der Waals surface area contributed by atoms with Crippen LogP contribution in [0.4, 0.5) is 14.5 Å². The Bertz CT molecular complexity index is 914. The Morgan fingerprint density at radius 2 is 2.00 bits per heavy atom. The Balaban J connectivity index is 1.47. The first-order valence-electron chi connectivity index (χ1n) is 11.3. The summed E-state index contributed by atoms with van der Waals surface area (Å²) in [5.74, 6) is 0.988. The van der Waals surface area contributed by atoms with Crippen LogP contribution in [0.5, 0.6) is 0 Å². The first-order valence-corrected chi connectivity index (χ1v) is 11.3. The zero-order valence-electron chi connectivity index (χ0n) is 18.4. The number of fused-ring (bicyclic) bond motifs is 1. The highest BCUT2D eigenvalue weighted by molar-refractivity contribution is 5.94. The third kappa shape index (κ3) is 5.14. The molecule has 2 saturated heterocycles. The Kier molecular flexibility index (Phi) is 6.70. The summed E-state index contributed by atoms with van der Waals surface area (Å²) in [5.41, 5.74) is 1.23. The van der Waals surface area contributed by atoms with Gasteiger partial charge in [0.1, 0.15) is 0 Å². The molecule has 1 N–H and O–H groups in total. The zero-order chi connectivity index (χ0) is 22.0. The lowest BCUT2D eigenvalue weighted by molar-refractivity contribution is -0.123. The first-order chi connectivity index (χ1) is 14.9. The predicted molar refractivity (Wildman–Crippen MR) is 119 cm³/mol. The largest absolute Gasteiger partial charge is 0.369 e. The van der Waals surface area contributed by atoms with Gasteiger partial charge in [-0.05, 0) is 75.5 Å². The molecule has 5 nitrogen and oxygen atoms in total. The van der Waals surface area contributed by atoms with E-state index in [1.165, 1.54) is 6.07 Å². The topological polar surface area (TPSA) is 48.5 Å². The summed E-state index contributed by atoms with van der Waals surface area (Å²) in [7, 11) is 2.13. The van der Waals surface area contributed by atoms with E-state index in [0.717, 1.165) is 50.0 Å². The van der Waals surface area contributed by atoms with E-state index in [2.05, 4.69) is 34.1 Å². The Labute approximate surface area is 182 Å². The minimum Gasteiger partial charge on any atom is -0.369 e. The number of piperidine rings is 2. The summed E-state index contributed by atoms with van der Waals surface area (Å²) in [5, 5.41) is 4.00. The minimum absolute atomic E-state index is 0.0348. The number of benzene rings is 1. The summed E-state index contributed by atoms with van der Waals surface area (Å²) < 4.78 is 26.9. The average molecular weight is 431 g/mol. The van der Waals surface area contributed by atoms with E-state index in [0.29, 0.717) is 30.3 Å². The molecule has 2 aliphatic heterocycles. The molecule has 3 heterocycles. The number of alkyl halides is 2. The van der Waals surface area contributed by atoms with E-state index in [-0.39, 0.29) is 17.5 Å². The minimum atomic E-state index is -2.56. The van der Waals surface area contributed by atoms with Crippen LogP contribution in [0, 0.1) is 11.8 Å². The van der Waals surface area contributed by atoms with Gasteiger partial charge in [0.15, 0.2) is 0 Å². The maximum atomic E-state index is 13.4. The fraction of sp³-hybridized carbons (Fsp3) is 0.583. The van der Waals surface area contributed by atoms with Crippen molar-refractivity contribution >= 4 is 22.5 Å². The quantitative estimate of drug-likeness (QED) is 0.771. The number of rotatable bonds is 5. The van der Waals surface area contributed by atoms with E-state index in [1.54, 1.807) is 18.3 Å². The fourth-order valence-corrected chi connectivity index (χ4v) is 5.10. The van der Waals surface area contributed by atoms with Crippen molar-refractivity contribution in [2.24, 2.45) is 11.8 Å². The van der Waals surface area contributed by atoms with Gasteiger partial charge in [-0.25, -0.2) is 8.78 Å². The summed E-state index contributed by atoms with van der Waals surface area (Å²) in [4.78, 5) is 21.5. The van der Waals surface area contributed by atoms with Crippen molar-refractivity contribution in [2.45, 2.75) is 45.1 Å². The molecule has 2 atom stereocenters. The molecule has 31 heavy (non-hydrogen) atoms. The predicted octanol–water partition coefficient (Wildman–Crippen LogP) is 4.24. The standard InChI is InChI=1S/C24H32F2N4O/c1-16-12-18(28-22(31)13-17-7-10-29(2)11-8-17)15-30(14-16)21-6-5-20(24(25)26)23-19(21)4-3-9-27-23/h3-6,9,16-18,24H,7-8,10-15H2,1-2H3,(H,28,31). The van der Waals surface area contributed by atoms with Crippen molar-refractivity contribution in [3.63, 3.8) is 0 Å². The maximum absolute atomic E-state index is 13.4. The molecule has 0 spiro atoms. The Morgan fingerprint density at radius 1 is 1.23 bits per heavy atom. The van der Waals surface area contributed by atoms with Crippen LogP contribution in [0.25, 0.3) is 10.9 Å². The summed E-state index contributed by atoms with van der Waals surface area (Å²) >= 11 is 0. The van der Waals surface area contributed by atoms with Crippen LogP contribution in [-0.2, 0) is 4.79 Å². The molecule has 2 unspecified atom stereocenters. The monoisotopic (exact) mass is 430 g/mol. The van der Waals surface area contributed by atoms with Crippen LogP contribution >= 0.6 is 0 Å². The van der Waals surface area contributed by atoms with Crippen LogP contribution in [0.15, 0.2) is 30.5 Å². The zero-order valence-corrected chi connectivity index (χ0v) is 18.4. The molecule has 4 rings (SSSR count). The lowest BCUT2D eigenvalue weighted by Gasteiger charge is -2.39. The Hall–Kier alpha value is -2.28. The number of aromatic nitrogens is 1. The second kappa shape index (κ2) is 9.47. The molecule has 0 radical (unpaired) electrons. The molecular formula is C24H32F2N4O. The lowest BCUT2D eigenvalue weighted by Crippen LogP contribution is -2.51. The fourth-order valence-electron chi connectivity index (χ4n) is 5.10. The number of anilines is 1. The molecular weight excluding hydrogens is 398 g/mol. The SMILES string of the molecule is CC1CC(NC(=O)CC2CCN(C)CC2)CN(c2ccc(C(F)F)c3ncccc23)C1. The van der Waals surface area contributed by atoms with Gasteiger partial charge in [-0.2, -0.15) is 0 Å². The van der Waals surface area contributed by atoms with Crippen molar-refractivity contribution in [1.82, 2.24) is 15.2 Å². The van der Waals surface area contributed by atoms with Gasteiger partial charge in [0, 0.05) is 48.4 Å². The molecule has 1 aromatic heterocycles. The van der Waals surface area contributed by atoms with Gasteiger partial charge in [0.25, 0.3) is 6.43 Å². The highest BCUT2D eigenvalue weighted by atomic mass is 19.3. The van der Waals surface area contributed by atoms with Crippen LogP contribution in [0.1, 0.15) is 44.6 Å². The molecule has 0 aliphatic carbocycles. The van der Waals surface area contributed by atoms with Crippen molar-refractivity contribution < 1.29 is 13.6 Å². The summed E-state index contributed by atoms with van der Waals surface area (Å²) in [6.07, 6.45) is 2.68. The van der Waals surface area contributed by atoms with E-state index >= 15 is 0 Å². The number of amides is 1. The summed E-state index contributed by atoms with van der Waals surface area (Å²) in [6, 6.07) is 6.97.